The average molecular weight is 370 g/mol. The summed E-state index contributed by atoms with van der Waals surface area (Å²) < 4.78 is 6.89. The molecule has 142 valence electrons. The predicted octanol–water partition coefficient (Wildman–Crippen LogP) is 1.06. The lowest BCUT2D eigenvalue weighted by Gasteiger charge is -2.30. The molecule has 2 N–H and O–H groups in total. The second kappa shape index (κ2) is 8.03. The van der Waals surface area contributed by atoms with Gasteiger partial charge in [-0.1, -0.05) is 0 Å². The Bertz CT molecular complexity index is 836. The van der Waals surface area contributed by atoms with E-state index in [1.54, 1.807) is 40.0 Å². The first-order valence-corrected chi connectivity index (χ1v) is 8.81. The molecule has 1 saturated heterocycles. The number of likely N-dealkylation sites (tertiary alicyclic amines) is 1. The Morgan fingerprint density at radius 3 is 2.37 bits per heavy atom. The van der Waals surface area contributed by atoms with E-state index >= 15 is 0 Å². The van der Waals surface area contributed by atoms with E-state index in [1.165, 1.54) is 0 Å². The highest BCUT2D eigenvalue weighted by Crippen LogP contribution is 2.17. The summed E-state index contributed by atoms with van der Waals surface area (Å²) in [6.45, 7) is 2.51. The Morgan fingerprint density at radius 1 is 1.15 bits per heavy atom. The third-order valence-corrected chi connectivity index (χ3v) is 4.76. The molecule has 1 aliphatic rings. The molecule has 0 radical (unpaired) electrons. The monoisotopic (exact) mass is 370 g/mol. The zero-order valence-corrected chi connectivity index (χ0v) is 15.1. The maximum Gasteiger partial charge on any atom is 0.338 e. The summed E-state index contributed by atoms with van der Waals surface area (Å²) in [6.07, 6.45) is 2.79. The average Bonchev–Trinajstić information content (AvgIpc) is 3.12. The zero-order valence-electron chi connectivity index (χ0n) is 15.1. The number of hydrogen-bond acceptors (Lipinski definition) is 5. The summed E-state index contributed by atoms with van der Waals surface area (Å²) in [5, 5.41) is 4.21. The molecule has 2 aromatic rings. The first-order chi connectivity index (χ1) is 13.0. The van der Waals surface area contributed by atoms with E-state index in [-0.39, 0.29) is 24.3 Å². The number of amides is 2. The Balaban J connectivity index is 1.51. The lowest BCUT2D eigenvalue weighted by atomic mass is 9.96. The van der Waals surface area contributed by atoms with Gasteiger partial charge in [-0.05, 0) is 50.1 Å². The molecular formula is C19H22N4O4. The molecule has 0 spiro atoms. The molecule has 8 heteroatoms. The van der Waals surface area contributed by atoms with E-state index in [2.05, 4.69) is 5.10 Å². The van der Waals surface area contributed by atoms with Crippen molar-refractivity contribution in [1.29, 1.82) is 0 Å². The molecule has 8 nitrogen and oxygen atoms in total. The number of nitrogens with two attached hydrogens (primary N) is 1. The Kier molecular flexibility index (Phi) is 5.54. The largest absolute Gasteiger partial charge is 0.452 e. The van der Waals surface area contributed by atoms with Crippen LogP contribution in [0.25, 0.3) is 5.69 Å². The number of carbonyl (C=O) groups excluding carboxylic acids is 3. The number of hydrogen-bond donors (Lipinski definition) is 1. The maximum atomic E-state index is 12.2. The normalized spacial score (nSPS) is 14.8. The van der Waals surface area contributed by atoms with Crippen molar-refractivity contribution < 1.29 is 19.1 Å². The van der Waals surface area contributed by atoms with Crippen molar-refractivity contribution in [2.75, 3.05) is 19.7 Å². The third kappa shape index (κ3) is 4.33. The molecule has 0 saturated carbocycles. The lowest BCUT2D eigenvalue weighted by molar-refractivity contribution is -0.137. The van der Waals surface area contributed by atoms with Gasteiger partial charge in [0.05, 0.1) is 11.3 Å². The van der Waals surface area contributed by atoms with Crippen LogP contribution in [0.15, 0.2) is 36.5 Å². The van der Waals surface area contributed by atoms with Gasteiger partial charge in [-0.2, -0.15) is 5.10 Å². The molecule has 1 aliphatic heterocycles. The van der Waals surface area contributed by atoms with Crippen molar-refractivity contribution in [2.45, 2.75) is 19.8 Å². The molecule has 2 amide bonds. The summed E-state index contributed by atoms with van der Waals surface area (Å²) in [4.78, 5) is 37.1. The minimum Gasteiger partial charge on any atom is -0.452 e. The highest BCUT2D eigenvalue weighted by molar-refractivity contribution is 5.91. The second-order valence-electron chi connectivity index (χ2n) is 6.56. The van der Waals surface area contributed by atoms with Gasteiger partial charge in [0.2, 0.25) is 5.91 Å². The van der Waals surface area contributed by atoms with Gasteiger partial charge in [0.1, 0.15) is 0 Å². The summed E-state index contributed by atoms with van der Waals surface area (Å²) >= 11 is 0. The van der Waals surface area contributed by atoms with Crippen LogP contribution in [-0.4, -0.2) is 52.2 Å². The molecule has 1 fully saturated rings. The molecule has 0 aliphatic carbocycles. The molecule has 0 bridgehead atoms. The Morgan fingerprint density at radius 2 is 1.81 bits per heavy atom. The minimum absolute atomic E-state index is 0.187. The van der Waals surface area contributed by atoms with E-state index in [0.29, 0.717) is 31.5 Å². The summed E-state index contributed by atoms with van der Waals surface area (Å²) in [7, 11) is 0. The standard InChI is InChI=1S/C19H22N4O4/c1-13-6-9-21-23(13)16-4-2-15(3-5-16)19(26)27-12-17(24)22-10-7-14(8-11-22)18(20)25/h2-6,9,14H,7-8,10-12H2,1H3,(H2,20,25). The number of carbonyl (C=O) groups is 3. The molecule has 0 atom stereocenters. The second-order valence-corrected chi connectivity index (χ2v) is 6.56. The number of esters is 1. The van der Waals surface area contributed by atoms with Crippen molar-refractivity contribution >= 4 is 17.8 Å². The van der Waals surface area contributed by atoms with Gasteiger partial charge in [0.25, 0.3) is 5.91 Å². The number of primary amides is 1. The van der Waals surface area contributed by atoms with Crippen molar-refractivity contribution in [3.8, 4) is 5.69 Å². The molecule has 0 unspecified atom stereocenters. The van der Waals surface area contributed by atoms with E-state index in [9.17, 15) is 14.4 Å². The van der Waals surface area contributed by atoms with E-state index in [0.717, 1.165) is 11.4 Å². The molecule has 3 rings (SSSR count). The Labute approximate surface area is 156 Å². The third-order valence-electron chi connectivity index (χ3n) is 4.76. The van der Waals surface area contributed by atoms with Gasteiger partial charge in [-0.3, -0.25) is 9.59 Å². The number of piperidine rings is 1. The van der Waals surface area contributed by atoms with Gasteiger partial charge >= 0.3 is 5.97 Å². The van der Waals surface area contributed by atoms with Crippen LogP contribution in [0.4, 0.5) is 0 Å². The Hall–Kier alpha value is -3.16. The van der Waals surface area contributed by atoms with Crippen LogP contribution in [0.2, 0.25) is 0 Å². The van der Waals surface area contributed by atoms with E-state index < -0.39 is 5.97 Å². The minimum atomic E-state index is -0.556. The van der Waals surface area contributed by atoms with Crippen LogP contribution in [0, 0.1) is 12.8 Å². The van der Waals surface area contributed by atoms with Gasteiger partial charge in [-0.25, -0.2) is 9.48 Å². The fourth-order valence-corrected chi connectivity index (χ4v) is 3.09. The van der Waals surface area contributed by atoms with Crippen molar-refractivity contribution in [2.24, 2.45) is 11.7 Å². The number of rotatable bonds is 5. The molecule has 27 heavy (non-hydrogen) atoms. The fraction of sp³-hybridized carbons (Fsp3) is 0.368. The number of nitrogens with zero attached hydrogens (tertiary/aromatic N) is 3. The van der Waals surface area contributed by atoms with Crippen LogP contribution in [0.1, 0.15) is 28.9 Å². The van der Waals surface area contributed by atoms with Crippen LogP contribution >= 0.6 is 0 Å². The topological polar surface area (TPSA) is 108 Å². The van der Waals surface area contributed by atoms with Gasteiger partial charge in [0.15, 0.2) is 6.61 Å². The summed E-state index contributed by atoms with van der Waals surface area (Å²) in [5.41, 5.74) is 7.47. The van der Waals surface area contributed by atoms with E-state index in [1.807, 2.05) is 13.0 Å². The first-order valence-electron chi connectivity index (χ1n) is 8.81. The summed E-state index contributed by atoms with van der Waals surface area (Å²) in [5.74, 6) is -1.34. The number of ether oxygens (including phenoxy) is 1. The highest BCUT2D eigenvalue weighted by Gasteiger charge is 2.26. The first kappa shape index (κ1) is 18.6. The quantitative estimate of drug-likeness (QED) is 0.792. The van der Waals surface area contributed by atoms with Gasteiger partial charge < -0.3 is 15.4 Å². The molecule has 1 aromatic carbocycles. The van der Waals surface area contributed by atoms with Crippen LogP contribution in [0.5, 0.6) is 0 Å². The predicted molar refractivity (Wildman–Crippen MR) is 97.1 cm³/mol. The molecular weight excluding hydrogens is 348 g/mol. The summed E-state index contributed by atoms with van der Waals surface area (Å²) in [6, 6.07) is 8.71. The van der Waals surface area contributed by atoms with Crippen molar-refractivity contribution in [1.82, 2.24) is 14.7 Å². The van der Waals surface area contributed by atoms with Crippen LogP contribution in [0.3, 0.4) is 0 Å². The molecule has 2 heterocycles. The smallest absolute Gasteiger partial charge is 0.338 e. The van der Waals surface area contributed by atoms with Crippen LogP contribution in [-0.2, 0) is 14.3 Å². The fourth-order valence-electron chi connectivity index (χ4n) is 3.09. The van der Waals surface area contributed by atoms with Crippen molar-refractivity contribution in [3.05, 3.63) is 47.8 Å². The highest BCUT2D eigenvalue weighted by atomic mass is 16.5. The van der Waals surface area contributed by atoms with Crippen molar-refractivity contribution in [3.63, 3.8) is 0 Å². The maximum absolute atomic E-state index is 12.2. The number of aryl methyl sites for hydroxylation is 1. The number of aromatic nitrogens is 2. The van der Waals surface area contributed by atoms with Crippen LogP contribution < -0.4 is 5.73 Å². The number of benzene rings is 1. The zero-order chi connectivity index (χ0) is 19.4. The van der Waals surface area contributed by atoms with E-state index in [4.69, 9.17) is 10.5 Å². The molecule has 1 aromatic heterocycles. The SMILES string of the molecule is Cc1ccnn1-c1ccc(C(=O)OCC(=O)N2CCC(C(N)=O)CC2)cc1. The van der Waals surface area contributed by atoms with Gasteiger partial charge in [-0.15, -0.1) is 0 Å². The lowest BCUT2D eigenvalue weighted by Crippen LogP contribution is -2.43. The van der Waals surface area contributed by atoms with Gasteiger partial charge in [0, 0.05) is 30.9 Å².